The monoisotopic (exact) mass is 282 g/mol. The Morgan fingerprint density at radius 1 is 1.20 bits per heavy atom. The summed E-state index contributed by atoms with van der Waals surface area (Å²) in [6.45, 7) is 17.7. The van der Waals surface area contributed by atoms with Crippen LogP contribution in [0.2, 0.25) is 0 Å². The Hall–Kier alpha value is -0.570. The van der Waals surface area contributed by atoms with Crippen LogP contribution in [0.4, 0.5) is 0 Å². The Morgan fingerprint density at radius 3 is 2.10 bits per heavy atom. The van der Waals surface area contributed by atoms with Crippen LogP contribution in [-0.2, 0) is 4.79 Å². The Kier molecular flexibility index (Phi) is 5.29. The maximum atomic E-state index is 11.4. The predicted octanol–water partition coefficient (Wildman–Crippen LogP) is 3.67. The van der Waals surface area contributed by atoms with Crippen LogP contribution in [-0.4, -0.2) is 45.4 Å². The molecule has 3 nitrogen and oxygen atoms in total. The number of rotatable bonds is 5. The fraction of sp³-hybridized carbons (Fsp3) is 0.941. The lowest BCUT2D eigenvalue weighted by atomic mass is 9.81. The second-order valence-corrected chi connectivity index (χ2v) is 8.30. The van der Waals surface area contributed by atoms with Gasteiger partial charge in [-0.15, -0.1) is 0 Å². The molecule has 0 spiro atoms. The number of nitrogens with zero attached hydrogens (tertiary/aromatic N) is 2. The van der Waals surface area contributed by atoms with Crippen LogP contribution in [0.3, 0.4) is 0 Å². The van der Waals surface area contributed by atoms with Crippen molar-refractivity contribution >= 4 is 6.41 Å². The molecular formula is C17H34N2O. The highest BCUT2D eigenvalue weighted by molar-refractivity contribution is 5.49. The zero-order valence-electron chi connectivity index (χ0n) is 14.7. The van der Waals surface area contributed by atoms with Crippen molar-refractivity contribution in [3.05, 3.63) is 0 Å². The van der Waals surface area contributed by atoms with Gasteiger partial charge in [0, 0.05) is 29.2 Å². The van der Waals surface area contributed by atoms with E-state index < -0.39 is 0 Å². The van der Waals surface area contributed by atoms with Gasteiger partial charge in [-0.2, -0.15) is 0 Å². The first-order valence-corrected chi connectivity index (χ1v) is 8.04. The SMILES string of the molecule is CCC1CC(CC(C)N(C=O)C(C)(C)C)N1C(C)(C)C. The second-order valence-electron chi connectivity index (χ2n) is 8.30. The van der Waals surface area contributed by atoms with Crippen LogP contribution in [0.1, 0.15) is 74.7 Å². The van der Waals surface area contributed by atoms with Gasteiger partial charge >= 0.3 is 0 Å². The van der Waals surface area contributed by atoms with Crippen molar-refractivity contribution in [1.29, 1.82) is 0 Å². The van der Waals surface area contributed by atoms with Crippen LogP contribution in [0.15, 0.2) is 0 Å². The Morgan fingerprint density at radius 2 is 1.75 bits per heavy atom. The minimum Gasteiger partial charge on any atom is -0.338 e. The normalized spacial score (nSPS) is 26.0. The second kappa shape index (κ2) is 6.05. The van der Waals surface area contributed by atoms with E-state index in [4.69, 9.17) is 0 Å². The predicted molar refractivity (Wildman–Crippen MR) is 85.8 cm³/mol. The van der Waals surface area contributed by atoms with Gasteiger partial charge in [-0.1, -0.05) is 6.92 Å². The van der Waals surface area contributed by atoms with Gasteiger partial charge in [0.05, 0.1) is 0 Å². The van der Waals surface area contributed by atoms with E-state index in [2.05, 4.69) is 60.3 Å². The average Bonchev–Trinajstić information content (AvgIpc) is 2.19. The summed E-state index contributed by atoms with van der Waals surface area (Å²) in [4.78, 5) is 16.0. The highest BCUT2D eigenvalue weighted by Crippen LogP contribution is 2.38. The molecule has 1 saturated heterocycles. The number of amides is 1. The molecule has 0 bridgehead atoms. The molecule has 1 heterocycles. The molecule has 1 aliphatic heterocycles. The fourth-order valence-corrected chi connectivity index (χ4v) is 3.80. The van der Waals surface area contributed by atoms with Gasteiger partial charge in [0.2, 0.25) is 6.41 Å². The Bertz CT molecular complexity index is 327. The third kappa shape index (κ3) is 3.75. The summed E-state index contributed by atoms with van der Waals surface area (Å²) in [5.41, 5.74) is 0.124. The van der Waals surface area contributed by atoms with E-state index in [0.717, 1.165) is 12.8 Å². The first-order chi connectivity index (χ1) is 9.02. The summed E-state index contributed by atoms with van der Waals surface area (Å²) >= 11 is 0. The van der Waals surface area contributed by atoms with Crippen LogP contribution in [0.5, 0.6) is 0 Å². The summed E-state index contributed by atoms with van der Waals surface area (Å²) in [6, 6.07) is 1.62. The molecule has 0 aromatic rings. The molecule has 1 fully saturated rings. The zero-order valence-corrected chi connectivity index (χ0v) is 14.7. The van der Waals surface area contributed by atoms with E-state index in [9.17, 15) is 4.79 Å². The number of likely N-dealkylation sites (tertiary alicyclic amines) is 1. The first kappa shape index (κ1) is 17.5. The molecule has 3 atom stereocenters. The minimum atomic E-state index is -0.0956. The van der Waals surface area contributed by atoms with Gasteiger partial charge in [-0.3, -0.25) is 9.69 Å². The topological polar surface area (TPSA) is 23.6 Å². The quantitative estimate of drug-likeness (QED) is 0.718. The highest BCUT2D eigenvalue weighted by atomic mass is 16.1. The average molecular weight is 282 g/mol. The first-order valence-electron chi connectivity index (χ1n) is 8.04. The number of hydrogen-bond donors (Lipinski definition) is 0. The molecule has 0 aromatic heterocycles. The van der Waals surface area contributed by atoms with Crippen LogP contribution in [0, 0.1) is 0 Å². The maximum absolute atomic E-state index is 11.4. The summed E-state index contributed by atoms with van der Waals surface area (Å²) in [5.74, 6) is 0. The van der Waals surface area contributed by atoms with Crippen molar-refractivity contribution in [2.24, 2.45) is 0 Å². The van der Waals surface area contributed by atoms with Gasteiger partial charge in [0.15, 0.2) is 0 Å². The number of carbonyl (C=O) groups is 1. The Balaban J connectivity index is 2.71. The molecule has 20 heavy (non-hydrogen) atoms. The van der Waals surface area contributed by atoms with E-state index in [-0.39, 0.29) is 11.1 Å². The van der Waals surface area contributed by atoms with E-state index in [1.54, 1.807) is 0 Å². The van der Waals surface area contributed by atoms with Crippen molar-refractivity contribution in [1.82, 2.24) is 9.80 Å². The van der Waals surface area contributed by atoms with Crippen molar-refractivity contribution in [3.63, 3.8) is 0 Å². The summed E-state index contributed by atoms with van der Waals surface area (Å²) in [6.07, 6.45) is 4.58. The smallest absolute Gasteiger partial charge is 0.210 e. The molecule has 0 radical (unpaired) electrons. The standard InChI is InChI=1S/C17H34N2O/c1-9-14-11-15(19(14)17(6,7)8)10-13(2)18(12-20)16(3,4)5/h12-15H,9-11H2,1-8H3. The van der Waals surface area contributed by atoms with Crippen LogP contribution in [0.25, 0.3) is 0 Å². The molecule has 0 N–H and O–H groups in total. The lowest BCUT2D eigenvalue weighted by molar-refractivity contribution is -0.127. The zero-order chi connectivity index (χ0) is 15.7. The number of hydrogen-bond acceptors (Lipinski definition) is 2. The van der Waals surface area contributed by atoms with E-state index in [0.29, 0.717) is 18.1 Å². The third-order valence-electron chi connectivity index (χ3n) is 4.55. The third-order valence-corrected chi connectivity index (χ3v) is 4.55. The molecule has 0 saturated carbocycles. The van der Waals surface area contributed by atoms with Gasteiger partial charge in [-0.25, -0.2) is 0 Å². The van der Waals surface area contributed by atoms with Crippen molar-refractivity contribution < 1.29 is 4.79 Å². The summed E-state index contributed by atoms with van der Waals surface area (Å²) in [7, 11) is 0. The molecule has 1 rings (SSSR count). The molecular weight excluding hydrogens is 248 g/mol. The van der Waals surface area contributed by atoms with E-state index in [1.165, 1.54) is 12.8 Å². The van der Waals surface area contributed by atoms with Crippen molar-refractivity contribution in [2.75, 3.05) is 0 Å². The maximum Gasteiger partial charge on any atom is 0.210 e. The molecule has 118 valence electrons. The van der Waals surface area contributed by atoms with Crippen molar-refractivity contribution in [2.45, 2.75) is 104 Å². The lowest BCUT2D eigenvalue weighted by Crippen LogP contribution is -2.64. The van der Waals surface area contributed by atoms with E-state index in [1.807, 2.05) is 4.90 Å². The van der Waals surface area contributed by atoms with Crippen LogP contribution >= 0.6 is 0 Å². The molecule has 1 amide bonds. The molecule has 1 aliphatic rings. The van der Waals surface area contributed by atoms with Gasteiger partial charge in [-0.05, 0) is 67.7 Å². The molecule has 0 aromatic carbocycles. The highest BCUT2D eigenvalue weighted by Gasteiger charge is 2.44. The van der Waals surface area contributed by atoms with Crippen LogP contribution < -0.4 is 0 Å². The molecule has 0 aliphatic carbocycles. The van der Waals surface area contributed by atoms with Gasteiger partial charge < -0.3 is 4.90 Å². The largest absolute Gasteiger partial charge is 0.338 e. The number of carbonyl (C=O) groups excluding carboxylic acids is 1. The van der Waals surface area contributed by atoms with Gasteiger partial charge in [0.25, 0.3) is 0 Å². The summed E-state index contributed by atoms with van der Waals surface area (Å²) < 4.78 is 0. The van der Waals surface area contributed by atoms with E-state index >= 15 is 0 Å². The van der Waals surface area contributed by atoms with Crippen molar-refractivity contribution in [3.8, 4) is 0 Å². The molecule has 3 unspecified atom stereocenters. The van der Waals surface area contributed by atoms with Gasteiger partial charge in [0.1, 0.15) is 0 Å². The minimum absolute atomic E-state index is 0.0956. The Labute approximate surface area is 125 Å². The molecule has 3 heteroatoms. The fourth-order valence-electron chi connectivity index (χ4n) is 3.80. The lowest BCUT2D eigenvalue weighted by Gasteiger charge is -2.57. The summed E-state index contributed by atoms with van der Waals surface area (Å²) in [5, 5.41) is 0.